The van der Waals surface area contributed by atoms with E-state index in [1.165, 1.54) is 12.0 Å². The molecule has 1 rings (SSSR count). The van der Waals surface area contributed by atoms with Gasteiger partial charge in [0.2, 0.25) is 0 Å². The first-order valence-electron chi connectivity index (χ1n) is 6.49. The van der Waals surface area contributed by atoms with E-state index >= 15 is 0 Å². The minimum Gasteiger partial charge on any atom is -0.296 e. The van der Waals surface area contributed by atoms with Crippen LogP contribution in [0.3, 0.4) is 0 Å². The summed E-state index contributed by atoms with van der Waals surface area (Å²) in [6.07, 6.45) is 2.34. The van der Waals surface area contributed by atoms with Crippen molar-refractivity contribution in [3.63, 3.8) is 0 Å². The highest BCUT2D eigenvalue weighted by molar-refractivity contribution is 5.97. The van der Waals surface area contributed by atoms with Gasteiger partial charge in [0.1, 0.15) is 0 Å². The van der Waals surface area contributed by atoms with E-state index in [0.717, 1.165) is 25.1 Å². The summed E-state index contributed by atoms with van der Waals surface area (Å²) >= 11 is 0. The normalized spacial score (nSPS) is 10.8. The summed E-state index contributed by atoms with van der Waals surface area (Å²) in [4.78, 5) is 14.3. The van der Waals surface area contributed by atoms with Crippen molar-refractivity contribution in [2.75, 3.05) is 19.6 Å². The summed E-state index contributed by atoms with van der Waals surface area (Å²) in [5.74, 6) is 0.225. The van der Waals surface area contributed by atoms with E-state index < -0.39 is 0 Å². The lowest BCUT2D eigenvalue weighted by molar-refractivity contribution is 0.0933. The maximum Gasteiger partial charge on any atom is 0.176 e. The van der Waals surface area contributed by atoms with Crippen LogP contribution >= 0.6 is 0 Å². The summed E-state index contributed by atoms with van der Waals surface area (Å²) in [7, 11) is 0. The van der Waals surface area contributed by atoms with E-state index in [2.05, 4.69) is 18.7 Å². The van der Waals surface area contributed by atoms with Gasteiger partial charge in [-0.15, -0.1) is 0 Å². The number of carbonyl (C=O) groups excluding carboxylic acids is 1. The van der Waals surface area contributed by atoms with Crippen LogP contribution in [0.1, 0.15) is 42.6 Å². The highest BCUT2D eigenvalue weighted by atomic mass is 16.1. The van der Waals surface area contributed by atoms with Crippen LogP contribution in [0.15, 0.2) is 24.3 Å². The summed E-state index contributed by atoms with van der Waals surface area (Å²) in [6.45, 7) is 8.82. The first-order chi connectivity index (χ1) is 8.17. The molecule has 0 N–H and O–H groups in total. The van der Waals surface area contributed by atoms with Gasteiger partial charge in [-0.1, -0.05) is 50.1 Å². The van der Waals surface area contributed by atoms with E-state index in [4.69, 9.17) is 0 Å². The number of carbonyl (C=O) groups is 1. The van der Waals surface area contributed by atoms with Crippen molar-refractivity contribution in [1.82, 2.24) is 4.90 Å². The number of likely N-dealkylation sites (N-methyl/N-ethyl adjacent to an activating group) is 1. The van der Waals surface area contributed by atoms with E-state index in [-0.39, 0.29) is 5.78 Å². The molecule has 0 aliphatic heterocycles. The number of hydrogen-bond acceptors (Lipinski definition) is 2. The van der Waals surface area contributed by atoms with E-state index in [9.17, 15) is 4.79 Å². The van der Waals surface area contributed by atoms with Crippen LogP contribution in [0.5, 0.6) is 0 Å². The Morgan fingerprint density at radius 1 is 1.18 bits per heavy atom. The van der Waals surface area contributed by atoms with Crippen molar-refractivity contribution in [3.05, 3.63) is 35.4 Å². The smallest absolute Gasteiger partial charge is 0.176 e. The third-order valence-electron chi connectivity index (χ3n) is 3.02. The molecule has 0 fully saturated rings. The Labute approximate surface area is 105 Å². The van der Waals surface area contributed by atoms with E-state index in [0.29, 0.717) is 6.54 Å². The first-order valence-corrected chi connectivity index (χ1v) is 6.49. The Balaban J connectivity index is 2.54. The van der Waals surface area contributed by atoms with Crippen LogP contribution in [0.25, 0.3) is 0 Å². The molecule has 1 aromatic rings. The van der Waals surface area contributed by atoms with Gasteiger partial charge in [0.05, 0.1) is 6.54 Å². The third kappa shape index (κ3) is 4.70. The number of rotatable bonds is 7. The number of benzene rings is 1. The molecule has 1 aromatic carbocycles. The fourth-order valence-corrected chi connectivity index (χ4v) is 1.76. The molecule has 0 radical (unpaired) electrons. The second-order valence-corrected chi connectivity index (χ2v) is 4.51. The van der Waals surface area contributed by atoms with Crippen molar-refractivity contribution in [3.8, 4) is 0 Å². The molecule has 2 heteroatoms. The van der Waals surface area contributed by atoms with Crippen LogP contribution in [-0.2, 0) is 0 Å². The second kappa shape index (κ2) is 7.23. The molecular weight excluding hydrogens is 210 g/mol. The number of unbranched alkanes of at least 4 members (excludes halogenated alkanes) is 1. The Hall–Kier alpha value is -1.15. The molecule has 0 aromatic heterocycles. The number of aryl methyl sites for hydroxylation is 1. The number of ketones is 1. The van der Waals surface area contributed by atoms with Crippen LogP contribution in [-0.4, -0.2) is 30.3 Å². The van der Waals surface area contributed by atoms with Crippen molar-refractivity contribution < 1.29 is 4.79 Å². The van der Waals surface area contributed by atoms with Gasteiger partial charge >= 0.3 is 0 Å². The van der Waals surface area contributed by atoms with Crippen molar-refractivity contribution in [2.45, 2.75) is 33.6 Å². The molecule has 0 amide bonds. The molecule has 0 aliphatic rings. The first kappa shape index (κ1) is 13.9. The second-order valence-electron chi connectivity index (χ2n) is 4.51. The molecule has 0 saturated heterocycles. The zero-order valence-electron chi connectivity index (χ0n) is 11.2. The van der Waals surface area contributed by atoms with Crippen molar-refractivity contribution >= 4 is 5.78 Å². The summed E-state index contributed by atoms with van der Waals surface area (Å²) in [5, 5.41) is 0. The van der Waals surface area contributed by atoms with Crippen LogP contribution < -0.4 is 0 Å². The predicted octanol–water partition coefficient (Wildman–Crippen LogP) is 3.30. The standard InChI is InChI=1S/C15H23NO/c1-4-6-11-16(5-2)12-15(17)14-9-7-13(3)8-10-14/h7-10H,4-6,11-12H2,1-3H3. The molecule has 0 atom stereocenters. The average molecular weight is 233 g/mol. The fourth-order valence-electron chi connectivity index (χ4n) is 1.76. The Morgan fingerprint density at radius 3 is 2.35 bits per heavy atom. The number of Topliss-reactive ketones (excluding diaryl/α,β-unsaturated/α-hetero) is 1. The van der Waals surface area contributed by atoms with Gasteiger partial charge in [-0.05, 0) is 26.4 Å². The van der Waals surface area contributed by atoms with E-state index in [1.807, 2.05) is 31.2 Å². The van der Waals surface area contributed by atoms with Crippen LogP contribution in [0, 0.1) is 6.92 Å². The largest absolute Gasteiger partial charge is 0.296 e. The van der Waals surface area contributed by atoms with Crippen LogP contribution in [0.4, 0.5) is 0 Å². The molecular formula is C15H23NO. The Morgan fingerprint density at radius 2 is 1.82 bits per heavy atom. The summed E-state index contributed by atoms with van der Waals surface area (Å²) in [5.41, 5.74) is 2.02. The molecule has 0 spiro atoms. The van der Waals surface area contributed by atoms with Crippen LogP contribution in [0.2, 0.25) is 0 Å². The Kier molecular flexibility index (Phi) is 5.92. The predicted molar refractivity (Wildman–Crippen MR) is 72.5 cm³/mol. The monoisotopic (exact) mass is 233 g/mol. The highest BCUT2D eigenvalue weighted by Crippen LogP contribution is 2.05. The molecule has 2 nitrogen and oxygen atoms in total. The van der Waals surface area contributed by atoms with Gasteiger partial charge in [0.25, 0.3) is 0 Å². The maximum atomic E-state index is 12.0. The topological polar surface area (TPSA) is 20.3 Å². The van der Waals surface area contributed by atoms with Gasteiger partial charge in [-0.3, -0.25) is 9.69 Å². The lowest BCUT2D eigenvalue weighted by Crippen LogP contribution is -2.30. The van der Waals surface area contributed by atoms with E-state index in [1.54, 1.807) is 0 Å². The molecule has 0 aliphatic carbocycles. The van der Waals surface area contributed by atoms with Gasteiger partial charge < -0.3 is 0 Å². The lowest BCUT2D eigenvalue weighted by Gasteiger charge is -2.19. The Bertz CT molecular complexity index is 342. The maximum absolute atomic E-state index is 12.0. The third-order valence-corrected chi connectivity index (χ3v) is 3.02. The molecule has 0 bridgehead atoms. The average Bonchev–Trinajstić information content (AvgIpc) is 2.35. The number of nitrogens with zero attached hydrogens (tertiary/aromatic N) is 1. The minimum absolute atomic E-state index is 0.225. The highest BCUT2D eigenvalue weighted by Gasteiger charge is 2.10. The zero-order chi connectivity index (χ0) is 12.7. The molecule has 94 valence electrons. The van der Waals surface area contributed by atoms with Gasteiger partial charge in [-0.2, -0.15) is 0 Å². The minimum atomic E-state index is 0.225. The summed E-state index contributed by atoms with van der Waals surface area (Å²) < 4.78 is 0. The molecule has 0 saturated carbocycles. The summed E-state index contributed by atoms with van der Waals surface area (Å²) in [6, 6.07) is 7.84. The van der Waals surface area contributed by atoms with Crippen molar-refractivity contribution in [1.29, 1.82) is 0 Å². The number of hydrogen-bond donors (Lipinski definition) is 0. The van der Waals surface area contributed by atoms with Crippen molar-refractivity contribution in [2.24, 2.45) is 0 Å². The lowest BCUT2D eigenvalue weighted by atomic mass is 10.1. The fraction of sp³-hybridized carbons (Fsp3) is 0.533. The molecule has 17 heavy (non-hydrogen) atoms. The zero-order valence-corrected chi connectivity index (χ0v) is 11.2. The van der Waals surface area contributed by atoms with Gasteiger partial charge in [-0.25, -0.2) is 0 Å². The molecule has 0 heterocycles. The quantitative estimate of drug-likeness (QED) is 0.673. The SMILES string of the molecule is CCCCN(CC)CC(=O)c1ccc(C)cc1. The van der Waals surface area contributed by atoms with Gasteiger partial charge in [0, 0.05) is 5.56 Å². The molecule has 0 unspecified atom stereocenters. The van der Waals surface area contributed by atoms with Gasteiger partial charge in [0.15, 0.2) is 5.78 Å².